The fourth-order valence-corrected chi connectivity index (χ4v) is 5.43. The van der Waals surface area contributed by atoms with Crippen LogP contribution in [0.2, 0.25) is 0 Å². The summed E-state index contributed by atoms with van der Waals surface area (Å²) in [6, 6.07) is 15.7. The lowest BCUT2D eigenvalue weighted by Gasteiger charge is -2.32. The Bertz CT molecular complexity index is 1330. The zero-order valence-corrected chi connectivity index (χ0v) is 23.6. The minimum atomic E-state index is -0.352. The molecule has 1 unspecified atom stereocenters. The Morgan fingerprint density at radius 3 is 2.08 bits per heavy atom. The van der Waals surface area contributed by atoms with Crippen molar-refractivity contribution in [2.24, 2.45) is 0 Å². The molecule has 7 nitrogen and oxygen atoms in total. The van der Waals surface area contributed by atoms with Crippen molar-refractivity contribution in [3.05, 3.63) is 59.7 Å². The number of terminal acetylenes is 1. The largest absolute Gasteiger partial charge is 0.497 e. The van der Waals surface area contributed by atoms with E-state index in [9.17, 15) is 9.59 Å². The third kappa shape index (κ3) is 6.53. The van der Waals surface area contributed by atoms with E-state index in [1.807, 2.05) is 78.5 Å². The number of carbonyl (C=O) groups excluding carboxylic acids is 2. The second-order valence-electron chi connectivity index (χ2n) is 8.91. The summed E-state index contributed by atoms with van der Waals surface area (Å²) in [5.74, 6) is 2.85. The Morgan fingerprint density at radius 2 is 1.53 bits per heavy atom. The van der Waals surface area contributed by atoms with Crippen molar-refractivity contribution in [2.45, 2.75) is 38.1 Å². The zero-order valence-electron chi connectivity index (χ0n) is 22.7. The van der Waals surface area contributed by atoms with E-state index in [0.29, 0.717) is 6.54 Å². The standard InChI is InChI=1S/C30H34N2O5S/c1-8-15-31(22(4)18-28(33)36-6)26-13-14-27(25-12-10-9-11-24(25)26)32(19-29(34)37-7)38-30-20(2)16-23(35-5)17-21(30)3/h1,9-14,16-17,22H,15,18-19H2,2-7H3. The number of rotatable bonds is 11. The molecule has 1 atom stereocenters. The normalized spacial score (nSPS) is 11.4. The molecule has 3 aromatic carbocycles. The summed E-state index contributed by atoms with van der Waals surface area (Å²) in [7, 11) is 4.41. The third-order valence-corrected chi connectivity index (χ3v) is 7.68. The quantitative estimate of drug-likeness (QED) is 0.180. The number of hydrogen-bond acceptors (Lipinski definition) is 8. The molecule has 38 heavy (non-hydrogen) atoms. The monoisotopic (exact) mass is 534 g/mol. The van der Waals surface area contributed by atoms with Crippen LogP contribution >= 0.6 is 11.9 Å². The number of methoxy groups -OCH3 is 3. The van der Waals surface area contributed by atoms with Crippen LogP contribution in [-0.2, 0) is 19.1 Å². The van der Waals surface area contributed by atoms with Crippen molar-refractivity contribution in [3.63, 3.8) is 0 Å². The summed E-state index contributed by atoms with van der Waals surface area (Å²) in [4.78, 5) is 27.6. The molecule has 200 valence electrons. The van der Waals surface area contributed by atoms with E-state index in [4.69, 9.17) is 20.6 Å². The maximum absolute atomic E-state index is 12.5. The number of hydrogen-bond donors (Lipinski definition) is 0. The summed E-state index contributed by atoms with van der Waals surface area (Å²) in [6.07, 6.45) is 5.92. The predicted octanol–water partition coefficient (Wildman–Crippen LogP) is 5.54. The van der Waals surface area contributed by atoms with E-state index in [-0.39, 0.29) is 30.9 Å². The first-order valence-electron chi connectivity index (χ1n) is 12.2. The van der Waals surface area contributed by atoms with Crippen LogP contribution < -0.4 is 13.9 Å². The van der Waals surface area contributed by atoms with Gasteiger partial charge in [0, 0.05) is 27.4 Å². The van der Waals surface area contributed by atoms with Gasteiger partial charge >= 0.3 is 11.9 Å². The lowest BCUT2D eigenvalue weighted by molar-refractivity contribution is -0.141. The fourth-order valence-electron chi connectivity index (χ4n) is 4.38. The number of fused-ring (bicyclic) bond motifs is 1. The average Bonchev–Trinajstić information content (AvgIpc) is 2.92. The van der Waals surface area contributed by atoms with Gasteiger partial charge < -0.3 is 23.4 Å². The number of carbonyl (C=O) groups is 2. The van der Waals surface area contributed by atoms with Gasteiger partial charge in [-0.3, -0.25) is 9.59 Å². The van der Waals surface area contributed by atoms with Gasteiger partial charge in [-0.1, -0.05) is 30.2 Å². The zero-order chi connectivity index (χ0) is 27.8. The average molecular weight is 535 g/mol. The first-order valence-corrected chi connectivity index (χ1v) is 13.0. The summed E-state index contributed by atoms with van der Waals surface area (Å²) in [5.41, 5.74) is 3.84. The second kappa shape index (κ2) is 13.1. The van der Waals surface area contributed by atoms with Crippen LogP contribution in [0.3, 0.4) is 0 Å². The number of ether oxygens (including phenoxy) is 3. The summed E-state index contributed by atoms with van der Waals surface area (Å²) in [6.45, 7) is 6.37. The van der Waals surface area contributed by atoms with Crippen LogP contribution in [0, 0.1) is 26.2 Å². The Balaban J connectivity index is 2.13. The smallest absolute Gasteiger partial charge is 0.326 e. The molecule has 0 saturated carbocycles. The van der Waals surface area contributed by atoms with Crippen LogP contribution in [-0.4, -0.2) is 52.4 Å². The number of benzene rings is 3. The Labute approximate surface area is 229 Å². The molecule has 0 radical (unpaired) electrons. The van der Waals surface area contributed by atoms with Gasteiger partial charge in [0.25, 0.3) is 0 Å². The maximum atomic E-state index is 12.5. The number of esters is 2. The molecule has 0 amide bonds. The summed E-state index contributed by atoms with van der Waals surface area (Å²) < 4.78 is 17.3. The van der Waals surface area contributed by atoms with E-state index < -0.39 is 0 Å². The van der Waals surface area contributed by atoms with E-state index in [1.165, 1.54) is 26.2 Å². The van der Waals surface area contributed by atoms with Crippen LogP contribution in [0.4, 0.5) is 11.4 Å². The molecule has 0 fully saturated rings. The fraction of sp³-hybridized carbons (Fsp3) is 0.333. The Hall–Kier alpha value is -3.83. The highest BCUT2D eigenvalue weighted by Gasteiger charge is 2.23. The lowest BCUT2D eigenvalue weighted by Crippen LogP contribution is -2.35. The molecular weight excluding hydrogens is 500 g/mol. The lowest BCUT2D eigenvalue weighted by atomic mass is 10.0. The maximum Gasteiger partial charge on any atom is 0.326 e. The van der Waals surface area contributed by atoms with Gasteiger partial charge in [-0.15, -0.1) is 6.42 Å². The van der Waals surface area contributed by atoms with E-state index >= 15 is 0 Å². The first kappa shape index (κ1) is 28.7. The molecule has 0 saturated heterocycles. The van der Waals surface area contributed by atoms with Gasteiger partial charge in [-0.2, -0.15) is 0 Å². The van der Waals surface area contributed by atoms with Crippen molar-refractivity contribution < 1.29 is 23.8 Å². The highest BCUT2D eigenvalue weighted by atomic mass is 32.2. The predicted molar refractivity (Wildman–Crippen MR) is 154 cm³/mol. The van der Waals surface area contributed by atoms with E-state index in [0.717, 1.165) is 43.9 Å². The summed E-state index contributed by atoms with van der Waals surface area (Å²) >= 11 is 1.48. The minimum absolute atomic E-state index is 0.0439. The molecule has 0 N–H and O–H groups in total. The van der Waals surface area contributed by atoms with E-state index in [2.05, 4.69) is 5.92 Å². The van der Waals surface area contributed by atoms with Gasteiger partial charge in [-0.25, -0.2) is 0 Å². The molecule has 0 aliphatic carbocycles. The van der Waals surface area contributed by atoms with Crippen molar-refractivity contribution in [1.82, 2.24) is 0 Å². The molecular formula is C30H34N2O5S. The Kier molecular flexibility index (Phi) is 9.91. The second-order valence-corrected chi connectivity index (χ2v) is 9.94. The van der Waals surface area contributed by atoms with Crippen LogP contribution in [0.5, 0.6) is 5.75 Å². The molecule has 0 spiro atoms. The molecule has 0 aromatic heterocycles. The van der Waals surface area contributed by atoms with Gasteiger partial charge in [0.2, 0.25) is 0 Å². The van der Waals surface area contributed by atoms with Crippen LogP contribution in [0.15, 0.2) is 53.4 Å². The number of nitrogens with zero attached hydrogens (tertiary/aromatic N) is 2. The minimum Gasteiger partial charge on any atom is -0.497 e. The topological polar surface area (TPSA) is 68.3 Å². The van der Waals surface area contributed by atoms with Gasteiger partial charge in [0.15, 0.2) is 0 Å². The van der Waals surface area contributed by atoms with Crippen molar-refractivity contribution in [2.75, 3.05) is 43.6 Å². The van der Waals surface area contributed by atoms with Gasteiger partial charge in [0.1, 0.15) is 12.3 Å². The van der Waals surface area contributed by atoms with Crippen LogP contribution in [0.1, 0.15) is 24.5 Å². The first-order chi connectivity index (χ1) is 18.2. The number of anilines is 2. The van der Waals surface area contributed by atoms with Gasteiger partial charge in [-0.05, 0) is 68.1 Å². The number of aryl methyl sites for hydroxylation is 2. The van der Waals surface area contributed by atoms with Crippen molar-refractivity contribution in [3.8, 4) is 18.1 Å². The highest BCUT2D eigenvalue weighted by molar-refractivity contribution is 8.00. The van der Waals surface area contributed by atoms with E-state index in [1.54, 1.807) is 7.11 Å². The molecule has 0 heterocycles. The molecule has 8 heteroatoms. The highest BCUT2D eigenvalue weighted by Crippen LogP contribution is 2.41. The van der Waals surface area contributed by atoms with Crippen LogP contribution in [0.25, 0.3) is 10.8 Å². The molecule has 0 aliphatic heterocycles. The Morgan fingerprint density at radius 1 is 0.947 bits per heavy atom. The molecule has 3 rings (SSSR count). The molecule has 3 aromatic rings. The summed E-state index contributed by atoms with van der Waals surface area (Å²) in [5, 5.41) is 1.90. The van der Waals surface area contributed by atoms with Gasteiger partial charge in [0.05, 0.1) is 40.0 Å². The van der Waals surface area contributed by atoms with Crippen molar-refractivity contribution >= 4 is 46.0 Å². The SMILES string of the molecule is C#CCN(c1ccc(N(CC(=O)OC)Sc2c(C)cc(OC)cc2C)c2ccccc12)C(C)CC(=O)OC. The molecule has 0 aliphatic rings. The third-order valence-electron chi connectivity index (χ3n) is 6.31. The molecule has 0 bridgehead atoms. The van der Waals surface area contributed by atoms with Crippen molar-refractivity contribution in [1.29, 1.82) is 0 Å².